The average molecular weight is 616 g/mol. The van der Waals surface area contributed by atoms with Crippen LogP contribution in [0.3, 0.4) is 0 Å². The molecule has 3 aromatic carbocycles. The molecule has 0 amide bonds. The number of hydrazine groups is 2. The monoisotopic (exact) mass is 614 g/mol. The number of pyridine rings is 1. The van der Waals surface area contributed by atoms with Crippen LogP contribution in [0.5, 0.6) is 0 Å². The zero-order valence-corrected chi connectivity index (χ0v) is 23.5. The molecule has 1 aliphatic heterocycles. The summed E-state index contributed by atoms with van der Waals surface area (Å²) in [6.45, 7) is 0. The maximum absolute atomic E-state index is 15.0. The van der Waals surface area contributed by atoms with E-state index in [0.717, 1.165) is 12.8 Å². The predicted octanol–water partition coefficient (Wildman–Crippen LogP) is 8.08. The summed E-state index contributed by atoms with van der Waals surface area (Å²) in [4.78, 5) is 4.36. The van der Waals surface area contributed by atoms with Gasteiger partial charge in [-0.1, -0.05) is 64.6 Å². The van der Waals surface area contributed by atoms with Gasteiger partial charge in [0, 0.05) is 34.5 Å². The number of rotatable bonds is 7. The van der Waals surface area contributed by atoms with Gasteiger partial charge in [-0.3, -0.25) is 9.99 Å². The van der Waals surface area contributed by atoms with Crippen LogP contribution < -0.4 is 21.6 Å². The smallest absolute Gasteiger partial charge is 0.166 e. The van der Waals surface area contributed by atoms with Crippen molar-refractivity contribution in [1.82, 2.24) is 21.0 Å². The standard InChI is InChI=1S/C28H20Cl4FN7/c29-19-4-2-1-3-17(19)28(23-13-40(39-38-23)16-5-6-16)36-15-9-18-26(14(11-34)12-35-27(18)21(31)10-15)37-22-8-7-20(30)24(32)25(22)33/h1-4,7-10,12-13,16,28,36,38-39H,5-6H2,(H,35,37)/t28-/m0/s1/i28D. The molecule has 0 spiro atoms. The maximum atomic E-state index is 15.0. The summed E-state index contributed by atoms with van der Waals surface area (Å²) in [5.41, 5.74) is 8.43. The molecule has 0 radical (unpaired) electrons. The minimum atomic E-state index is -1.59. The Morgan fingerprint density at radius 1 is 1.10 bits per heavy atom. The van der Waals surface area contributed by atoms with Crippen molar-refractivity contribution < 1.29 is 5.76 Å². The van der Waals surface area contributed by atoms with E-state index in [9.17, 15) is 11.0 Å². The first-order valence-corrected chi connectivity index (χ1v) is 13.7. The highest BCUT2D eigenvalue weighted by Crippen LogP contribution is 2.40. The Kier molecular flexibility index (Phi) is 6.92. The number of hydrogen-bond acceptors (Lipinski definition) is 7. The Morgan fingerprint density at radius 2 is 1.90 bits per heavy atom. The third kappa shape index (κ3) is 5.07. The lowest BCUT2D eigenvalue weighted by molar-refractivity contribution is 0.260. The first-order valence-electron chi connectivity index (χ1n) is 12.7. The van der Waals surface area contributed by atoms with E-state index >= 15 is 0 Å². The summed E-state index contributed by atoms with van der Waals surface area (Å²) in [6, 6.07) is 14.1. The third-order valence-corrected chi connectivity index (χ3v) is 7.95. The van der Waals surface area contributed by atoms with Crippen molar-refractivity contribution in [3.8, 4) is 6.07 Å². The summed E-state index contributed by atoms with van der Waals surface area (Å²) in [5.74, 6) is -0.774. The van der Waals surface area contributed by atoms with Gasteiger partial charge in [-0.25, -0.2) is 4.39 Å². The molecule has 1 fully saturated rings. The maximum Gasteiger partial charge on any atom is 0.166 e. The number of anilines is 3. The third-order valence-electron chi connectivity index (χ3n) is 6.55. The number of nitrogens with one attached hydrogen (secondary N) is 4. The molecule has 1 aromatic heterocycles. The minimum Gasteiger partial charge on any atom is -0.373 e. The number of benzene rings is 3. The summed E-state index contributed by atoms with van der Waals surface area (Å²) >= 11 is 25.3. The van der Waals surface area contributed by atoms with Gasteiger partial charge in [0.05, 0.1) is 50.6 Å². The highest BCUT2D eigenvalue weighted by Gasteiger charge is 2.32. The second-order valence-electron chi connectivity index (χ2n) is 9.26. The first-order chi connectivity index (χ1) is 19.7. The number of nitriles is 1. The van der Waals surface area contributed by atoms with Crippen LogP contribution in [0.25, 0.3) is 10.9 Å². The van der Waals surface area contributed by atoms with Crippen LogP contribution in [-0.2, 0) is 0 Å². The van der Waals surface area contributed by atoms with E-state index in [2.05, 4.69) is 32.6 Å². The Morgan fingerprint density at radius 3 is 2.65 bits per heavy atom. The molecule has 0 saturated heterocycles. The normalized spacial score (nSPS) is 16.6. The van der Waals surface area contributed by atoms with Crippen LogP contribution >= 0.6 is 46.4 Å². The van der Waals surface area contributed by atoms with E-state index in [1.165, 1.54) is 18.3 Å². The molecule has 12 heteroatoms. The molecule has 4 N–H and O–H groups in total. The number of fused-ring (bicyclic) bond motifs is 1. The fourth-order valence-electron chi connectivity index (χ4n) is 4.40. The van der Waals surface area contributed by atoms with E-state index in [1.807, 2.05) is 11.2 Å². The van der Waals surface area contributed by atoms with E-state index < -0.39 is 11.8 Å². The van der Waals surface area contributed by atoms with Crippen LogP contribution in [0.4, 0.5) is 21.5 Å². The first kappa shape index (κ1) is 25.5. The van der Waals surface area contributed by atoms with Crippen LogP contribution in [0.15, 0.2) is 66.6 Å². The number of halogens is 5. The predicted molar refractivity (Wildman–Crippen MR) is 158 cm³/mol. The van der Waals surface area contributed by atoms with Crippen molar-refractivity contribution >= 4 is 74.4 Å². The summed E-state index contributed by atoms with van der Waals surface area (Å²) in [5, 5.41) is 18.9. The zero-order valence-electron chi connectivity index (χ0n) is 21.5. The van der Waals surface area contributed by atoms with Gasteiger partial charge >= 0.3 is 0 Å². The average Bonchev–Trinajstić information content (AvgIpc) is 3.69. The van der Waals surface area contributed by atoms with E-state index in [4.69, 9.17) is 46.4 Å². The van der Waals surface area contributed by atoms with Crippen molar-refractivity contribution in [3.63, 3.8) is 0 Å². The van der Waals surface area contributed by atoms with Crippen LogP contribution in [0.2, 0.25) is 20.1 Å². The van der Waals surface area contributed by atoms with Gasteiger partial charge < -0.3 is 16.1 Å². The Labute approximate surface area is 250 Å². The van der Waals surface area contributed by atoms with Crippen LogP contribution in [0, 0.1) is 17.1 Å². The summed E-state index contributed by atoms with van der Waals surface area (Å²) in [6.07, 6.45) is 5.29. The lowest BCUT2D eigenvalue weighted by atomic mass is 10.0. The zero-order chi connectivity index (χ0) is 28.9. The molecular weight excluding hydrogens is 595 g/mol. The highest BCUT2D eigenvalue weighted by molar-refractivity contribution is 6.42. The molecule has 0 bridgehead atoms. The summed E-state index contributed by atoms with van der Waals surface area (Å²) in [7, 11) is 0. The molecule has 2 aliphatic rings. The van der Waals surface area contributed by atoms with Crippen LogP contribution in [0.1, 0.15) is 31.4 Å². The quantitative estimate of drug-likeness (QED) is 0.156. The fraction of sp³-hybridized carbons (Fsp3) is 0.143. The molecule has 1 atom stereocenters. The second kappa shape index (κ2) is 10.8. The largest absolute Gasteiger partial charge is 0.373 e. The molecule has 4 aromatic rings. The van der Waals surface area contributed by atoms with Gasteiger partial charge in [-0.15, -0.1) is 5.53 Å². The number of nitrogens with zero attached hydrogens (tertiary/aromatic N) is 3. The van der Waals surface area contributed by atoms with Gasteiger partial charge in [0.2, 0.25) is 0 Å². The van der Waals surface area contributed by atoms with Crippen molar-refractivity contribution in [3.05, 3.63) is 104 Å². The van der Waals surface area contributed by atoms with Gasteiger partial charge in [-0.05, 0) is 48.7 Å². The van der Waals surface area contributed by atoms with Crippen molar-refractivity contribution in [2.45, 2.75) is 24.9 Å². The van der Waals surface area contributed by atoms with Crippen molar-refractivity contribution in [2.24, 2.45) is 0 Å². The van der Waals surface area contributed by atoms with E-state index in [-0.39, 0.29) is 32.0 Å². The molecule has 7 nitrogen and oxygen atoms in total. The molecule has 1 aliphatic carbocycles. The van der Waals surface area contributed by atoms with Crippen LogP contribution in [-0.4, -0.2) is 16.0 Å². The Bertz CT molecular complexity index is 1780. The van der Waals surface area contributed by atoms with E-state index in [0.29, 0.717) is 38.9 Å². The summed E-state index contributed by atoms with van der Waals surface area (Å²) < 4.78 is 24.6. The molecule has 202 valence electrons. The van der Waals surface area contributed by atoms with Gasteiger partial charge in [0.1, 0.15) is 6.07 Å². The number of aromatic nitrogens is 1. The molecule has 1 saturated carbocycles. The molecule has 0 unspecified atom stereocenters. The van der Waals surface area contributed by atoms with Gasteiger partial charge in [0.15, 0.2) is 5.82 Å². The minimum absolute atomic E-state index is 0.00958. The number of hydrogen-bond donors (Lipinski definition) is 4. The van der Waals surface area contributed by atoms with Gasteiger partial charge in [-0.2, -0.15) is 5.26 Å². The molecule has 40 heavy (non-hydrogen) atoms. The lowest BCUT2D eigenvalue weighted by Gasteiger charge is -2.23. The second-order valence-corrected chi connectivity index (χ2v) is 10.9. The fourth-order valence-corrected chi connectivity index (χ4v) is 5.21. The van der Waals surface area contributed by atoms with Crippen molar-refractivity contribution in [2.75, 3.05) is 10.6 Å². The Balaban J connectivity index is 1.48. The molecular formula is C28H20Cl4FN7. The van der Waals surface area contributed by atoms with E-state index in [1.54, 1.807) is 36.4 Å². The molecule has 2 heterocycles. The topological polar surface area (TPSA) is 88.0 Å². The molecule has 6 rings (SSSR count). The van der Waals surface area contributed by atoms with Crippen molar-refractivity contribution in [1.29, 1.82) is 5.26 Å². The highest BCUT2D eigenvalue weighted by atomic mass is 35.5. The van der Waals surface area contributed by atoms with Gasteiger partial charge in [0.25, 0.3) is 0 Å². The lowest BCUT2D eigenvalue weighted by Crippen LogP contribution is -2.38. The SMILES string of the molecule is [2H][C@@](Nc1cc(Cl)c2ncc(C#N)c(Nc3ccc(Cl)c(Cl)c3F)c2c1)(C1=CN(C2CC2)NN1)c1ccccc1Cl. The Hall–Kier alpha value is -3.45.